The maximum absolute atomic E-state index is 12.2. The van der Waals surface area contributed by atoms with Crippen molar-refractivity contribution in [1.82, 2.24) is 15.5 Å². The average molecular weight is 408 g/mol. The first-order valence-electron chi connectivity index (χ1n) is 9.35. The number of amides is 1. The molecule has 7 heteroatoms. The van der Waals surface area contributed by atoms with Crippen molar-refractivity contribution in [2.24, 2.45) is 0 Å². The molecule has 0 spiro atoms. The van der Waals surface area contributed by atoms with E-state index in [1.54, 1.807) is 13.0 Å². The van der Waals surface area contributed by atoms with Crippen LogP contribution >= 0.6 is 11.6 Å². The van der Waals surface area contributed by atoms with Gasteiger partial charge in [-0.3, -0.25) is 4.79 Å². The molecule has 1 aliphatic rings. The Morgan fingerprint density at radius 3 is 3.00 bits per heavy atom. The molecule has 1 atom stereocenters. The van der Waals surface area contributed by atoms with Gasteiger partial charge in [-0.05, 0) is 48.2 Å². The predicted octanol–water partition coefficient (Wildman–Crippen LogP) is 4.52. The number of ether oxygens (including phenoxy) is 1. The highest BCUT2D eigenvalue weighted by Gasteiger charge is 2.27. The Balaban J connectivity index is 1.37. The van der Waals surface area contributed by atoms with Gasteiger partial charge in [0, 0.05) is 40.4 Å². The van der Waals surface area contributed by atoms with E-state index < -0.39 is 0 Å². The van der Waals surface area contributed by atoms with Crippen molar-refractivity contribution in [3.05, 3.63) is 70.7 Å². The summed E-state index contributed by atoms with van der Waals surface area (Å²) >= 11 is 6.38. The van der Waals surface area contributed by atoms with Crippen LogP contribution < -0.4 is 10.1 Å². The minimum Gasteiger partial charge on any atom is -0.487 e. The molecular weight excluding hydrogens is 390 g/mol. The van der Waals surface area contributed by atoms with Crippen molar-refractivity contribution in [2.75, 3.05) is 6.54 Å². The van der Waals surface area contributed by atoms with Gasteiger partial charge in [-0.25, -0.2) is 0 Å². The van der Waals surface area contributed by atoms with Gasteiger partial charge in [-0.15, -0.1) is 0 Å². The summed E-state index contributed by atoms with van der Waals surface area (Å²) in [4.78, 5) is 15.4. The standard InChI is InChI=1S/C22H18ClN3O3/c1-12-6-20(26-29-12)22(27)25-11-17-9-15-8-16(23)10-18(21(15)28-17)13-2-3-19-14(7-13)4-5-24-19/h2-8,10,17,24H,9,11H2,1H3,(H,25,27). The summed E-state index contributed by atoms with van der Waals surface area (Å²) < 4.78 is 11.2. The summed E-state index contributed by atoms with van der Waals surface area (Å²) in [6.07, 6.45) is 2.42. The molecule has 1 aliphatic heterocycles. The molecule has 146 valence electrons. The van der Waals surface area contributed by atoms with Gasteiger partial charge in [0.05, 0.1) is 6.54 Å². The van der Waals surface area contributed by atoms with Gasteiger partial charge in [0.15, 0.2) is 5.69 Å². The molecule has 0 fully saturated rings. The van der Waals surface area contributed by atoms with E-state index in [1.165, 1.54) is 0 Å². The maximum Gasteiger partial charge on any atom is 0.273 e. The molecule has 0 aliphatic carbocycles. The van der Waals surface area contributed by atoms with Gasteiger partial charge in [0.2, 0.25) is 0 Å². The predicted molar refractivity (Wildman–Crippen MR) is 110 cm³/mol. The molecule has 4 aromatic rings. The van der Waals surface area contributed by atoms with E-state index in [2.05, 4.69) is 27.6 Å². The zero-order valence-corrected chi connectivity index (χ0v) is 16.4. The van der Waals surface area contributed by atoms with Crippen molar-refractivity contribution in [1.29, 1.82) is 0 Å². The highest BCUT2D eigenvalue weighted by atomic mass is 35.5. The Labute approximate surface area is 171 Å². The fraction of sp³-hybridized carbons (Fsp3) is 0.182. The molecule has 0 saturated heterocycles. The number of fused-ring (bicyclic) bond motifs is 2. The number of aromatic amines is 1. The van der Waals surface area contributed by atoms with Gasteiger partial charge >= 0.3 is 0 Å². The molecule has 0 bridgehead atoms. The number of rotatable bonds is 4. The number of carbonyl (C=O) groups excluding carboxylic acids is 1. The summed E-state index contributed by atoms with van der Waals surface area (Å²) in [5.74, 6) is 1.14. The average Bonchev–Trinajstić information content (AvgIpc) is 3.43. The third-order valence-corrected chi connectivity index (χ3v) is 5.30. The number of halogens is 1. The molecule has 2 N–H and O–H groups in total. The van der Waals surface area contributed by atoms with Crippen LogP contribution in [0, 0.1) is 6.92 Å². The first kappa shape index (κ1) is 17.8. The molecule has 29 heavy (non-hydrogen) atoms. The summed E-state index contributed by atoms with van der Waals surface area (Å²) in [6.45, 7) is 2.11. The number of nitrogens with zero attached hydrogens (tertiary/aromatic N) is 1. The zero-order chi connectivity index (χ0) is 20.0. The topological polar surface area (TPSA) is 80.2 Å². The van der Waals surface area contributed by atoms with E-state index in [-0.39, 0.29) is 17.7 Å². The molecular formula is C22H18ClN3O3. The van der Waals surface area contributed by atoms with Gasteiger partial charge in [0.1, 0.15) is 17.6 Å². The number of hydrogen-bond donors (Lipinski definition) is 2. The van der Waals surface area contributed by atoms with Crippen LogP contribution in [0.2, 0.25) is 5.02 Å². The molecule has 1 unspecified atom stereocenters. The quantitative estimate of drug-likeness (QED) is 0.521. The zero-order valence-electron chi connectivity index (χ0n) is 15.7. The van der Waals surface area contributed by atoms with E-state index in [0.717, 1.165) is 33.3 Å². The number of H-pyrrole nitrogens is 1. The van der Waals surface area contributed by atoms with Crippen LogP contribution in [0.1, 0.15) is 21.8 Å². The first-order chi connectivity index (χ1) is 14.1. The van der Waals surface area contributed by atoms with Crippen LogP contribution in [0.4, 0.5) is 0 Å². The fourth-order valence-electron chi connectivity index (χ4n) is 3.71. The molecule has 1 amide bonds. The van der Waals surface area contributed by atoms with Crippen molar-refractivity contribution in [2.45, 2.75) is 19.4 Å². The monoisotopic (exact) mass is 407 g/mol. The number of benzene rings is 2. The lowest BCUT2D eigenvalue weighted by atomic mass is 9.99. The highest BCUT2D eigenvalue weighted by Crippen LogP contribution is 2.41. The third kappa shape index (κ3) is 3.36. The molecule has 2 aromatic heterocycles. The van der Waals surface area contributed by atoms with Gasteiger partial charge < -0.3 is 19.6 Å². The molecule has 3 heterocycles. The lowest BCUT2D eigenvalue weighted by molar-refractivity contribution is 0.0924. The highest BCUT2D eigenvalue weighted by molar-refractivity contribution is 6.31. The first-order valence-corrected chi connectivity index (χ1v) is 9.73. The minimum atomic E-state index is -0.280. The van der Waals surface area contributed by atoms with Crippen LogP contribution in [0.5, 0.6) is 5.75 Å². The summed E-state index contributed by atoms with van der Waals surface area (Å²) in [5.41, 5.74) is 4.38. The van der Waals surface area contributed by atoms with Crippen LogP contribution in [0.25, 0.3) is 22.0 Å². The Kier molecular flexibility index (Phi) is 4.28. The van der Waals surface area contributed by atoms with Crippen LogP contribution in [-0.2, 0) is 6.42 Å². The van der Waals surface area contributed by atoms with Crippen molar-refractivity contribution in [3.63, 3.8) is 0 Å². The van der Waals surface area contributed by atoms with Gasteiger partial charge in [0.25, 0.3) is 5.91 Å². The van der Waals surface area contributed by atoms with Gasteiger partial charge in [-0.2, -0.15) is 0 Å². The summed E-state index contributed by atoms with van der Waals surface area (Å²) in [7, 11) is 0. The lowest BCUT2D eigenvalue weighted by Gasteiger charge is -2.13. The minimum absolute atomic E-state index is 0.171. The lowest BCUT2D eigenvalue weighted by Crippen LogP contribution is -2.34. The molecule has 6 nitrogen and oxygen atoms in total. The molecule has 0 saturated carbocycles. The summed E-state index contributed by atoms with van der Waals surface area (Å²) in [6, 6.07) is 13.7. The van der Waals surface area contributed by atoms with Gasteiger partial charge in [-0.1, -0.05) is 22.8 Å². The number of aromatic nitrogens is 2. The summed E-state index contributed by atoms with van der Waals surface area (Å²) in [5, 5.41) is 8.39. The molecule has 0 radical (unpaired) electrons. The van der Waals surface area contributed by atoms with Crippen LogP contribution in [0.15, 0.2) is 53.2 Å². The second kappa shape index (κ2) is 6.97. The smallest absolute Gasteiger partial charge is 0.273 e. The van der Waals surface area contributed by atoms with Crippen LogP contribution in [0.3, 0.4) is 0 Å². The van der Waals surface area contributed by atoms with E-state index in [0.29, 0.717) is 23.7 Å². The molecule has 2 aromatic carbocycles. The second-order valence-electron chi connectivity index (χ2n) is 7.20. The Morgan fingerprint density at radius 2 is 2.17 bits per heavy atom. The molecule has 5 rings (SSSR count). The van der Waals surface area contributed by atoms with E-state index in [9.17, 15) is 4.79 Å². The van der Waals surface area contributed by atoms with E-state index in [1.807, 2.05) is 30.5 Å². The SMILES string of the molecule is Cc1cc(C(=O)NCC2Cc3cc(Cl)cc(-c4ccc5[nH]ccc5c4)c3O2)no1. The van der Waals surface area contributed by atoms with Crippen molar-refractivity contribution in [3.8, 4) is 16.9 Å². The Bertz CT molecular complexity index is 1230. The number of carbonyl (C=O) groups is 1. The second-order valence-corrected chi connectivity index (χ2v) is 7.63. The number of nitrogens with one attached hydrogen (secondary N) is 2. The Hall–Kier alpha value is -3.25. The Morgan fingerprint density at radius 1 is 1.28 bits per heavy atom. The van der Waals surface area contributed by atoms with E-state index in [4.69, 9.17) is 20.9 Å². The maximum atomic E-state index is 12.2. The largest absolute Gasteiger partial charge is 0.487 e. The van der Waals surface area contributed by atoms with E-state index >= 15 is 0 Å². The fourth-order valence-corrected chi connectivity index (χ4v) is 3.95. The third-order valence-electron chi connectivity index (χ3n) is 5.08. The normalized spacial score (nSPS) is 15.3. The number of hydrogen-bond acceptors (Lipinski definition) is 4. The van der Waals surface area contributed by atoms with Crippen LogP contribution in [-0.4, -0.2) is 28.7 Å². The number of aryl methyl sites for hydroxylation is 1. The van der Waals surface area contributed by atoms with Crippen molar-refractivity contribution < 1.29 is 14.1 Å². The van der Waals surface area contributed by atoms with Crippen molar-refractivity contribution >= 4 is 28.4 Å².